The lowest BCUT2D eigenvalue weighted by Gasteiger charge is -2.42. The summed E-state index contributed by atoms with van der Waals surface area (Å²) in [7, 11) is 1.76. The van der Waals surface area contributed by atoms with Crippen molar-refractivity contribution in [3.63, 3.8) is 0 Å². The molecular formula is C19H30N2O. The van der Waals surface area contributed by atoms with Gasteiger partial charge in [0.25, 0.3) is 0 Å². The van der Waals surface area contributed by atoms with Crippen molar-refractivity contribution in [2.24, 2.45) is 5.92 Å². The zero-order valence-electron chi connectivity index (χ0n) is 14.1. The fourth-order valence-electron chi connectivity index (χ4n) is 4.09. The minimum atomic E-state index is 0.845. The predicted molar refractivity (Wildman–Crippen MR) is 91.3 cm³/mol. The average Bonchev–Trinajstić information content (AvgIpc) is 2.56. The van der Waals surface area contributed by atoms with Gasteiger partial charge in [0.1, 0.15) is 5.75 Å². The Bertz CT molecular complexity index is 468. The molecule has 3 heteroatoms. The molecule has 0 aromatic heterocycles. The highest BCUT2D eigenvalue weighted by atomic mass is 16.5. The van der Waals surface area contributed by atoms with Gasteiger partial charge in [-0.25, -0.2) is 0 Å². The number of ether oxygens (including phenoxy) is 1. The molecule has 2 fully saturated rings. The van der Waals surface area contributed by atoms with Crippen LogP contribution < -0.4 is 4.74 Å². The van der Waals surface area contributed by atoms with E-state index in [-0.39, 0.29) is 0 Å². The van der Waals surface area contributed by atoms with Crippen LogP contribution in [0.1, 0.15) is 38.2 Å². The summed E-state index contributed by atoms with van der Waals surface area (Å²) in [6.45, 7) is 8.26. The maximum Gasteiger partial charge on any atom is 0.123 e. The molecule has 2 aliphatic rings. The van der Waals surface area contributed by atoms with Gasteiger partial charge in [-0.3, -0.25) is 9.80 Å². The van der Waals surface area contributed by atoms with Crippen molar-refractivity contribution in [3.05, 3.63) is 29.8 Å². The van der Waals surface area contributed by atoms with Crippen LogP contribution in [0.3, 0.4) is 0 Å². The third-order valence-electron chi connectivity index (χ3n) is 5.42. The first-order chi connectivity index (χ1) is 10.8. The fourth-order valence-corrected chi connectivity index (χ4v) is 4.09. The van der Waals surface area contributed by atoms with E-state index in [9.17, 15) is 0 Å². The Kier molecular flexibility index (Phi) is 5.37. The minimum absolute atomic E-state index is 0.845. The van der Waals surface area contributed by atoms with Gasteiger partial charge in [-0.15, -0.1) is 0 Å². The maximum atomic E-state index is 5.48. The van der Waals surface area contributed by atoms with E-state index >= 15 is 0 Å². The molecular weight excluding hydrogens is 272 g/mol. The molecule has 1 aromatic rings. The van der Waals surface area contributed by atoms with E-state index in [1.165, 1.54) is 57.4 Å². The van der Waals surface area contributed by atoms with E-state index in [2.05, 4.69) is 34.9 Å². The summed E-state index contributed by atoms with van der Waals surface area (Å²) in [5, 5.41) is 0. The average molecular weight is 302 g/mol. The first-order valence-corrected chi connectivity index (χ1v) is 8.84. The van der Waals surface area contributed by atoms with Gasteiger partial charge in [0, 0.05) is 44.3 Å². The molecule has 122 valence electrons. The van der Waals surface area contributed by atoms with E-state index in [1.807, 2.05) is 6.07 Å². The maximum absolute atomic E-state index is 5.48. The predicted octanol–water partition coefficient (Wildman–Crippen LogP) is 3.39. The van der Waals surface area contributed by atoms with Gasteiger partial charge in [-0.05, 0) is 24.8 Å². The molecule has 1 aromatic carbocycles. The standard InChI is InChI=1S/C19H30N2O/c1-16-6-5-8-18(14-16)21-12-10-20(11-13-21)15-17-7-3-4-9-19(17)22-2/h3-4,7,9,16,18H,5-6,8,10-15H2,1-2H3/t16-,18-/m0/s1. The number of rotatable bonds is 4. The lowest BCUT2D eigenvalue weighted by atomic mass is 9.86. The van der Waals surface area contributed by atoms with Crippen LogP contribution >= 0.6 is 0 Å². The molecule has 1 aliphatic carbocycles. The molecule has 1 saturated carbocycles. The van der Waals surface area contributed by atoms with Crippen LogP contribution in [0.5, 0.6) is 5.75 Å². The Morgan fingerprint density at radius 2 is 1.86 bits per heavy atom. The summed E-state index contributed by atoms with van der Waals surface area (Å²) in [6, 6.07) is 9.25. The van der Waals surface area contributed by atoms with Crippen LogP contribution in [-0.4, -0.2) is 49.1 Å². The quantitative estimate of drug-likeness (QED) is 0.848. The summed E-state index contributed by atoms with van der Waals surface area (Å²) >= 11 is 0. The highest BCUT2D eigenvalue weighted by molar-refractivity contribution is 5.33. The van der Waals surface area contributed by atoms with Crippen molar-refractivity contribution in [1.29, 1.82) is 0 Å². The summed E-state index contributed by atoms with van der Waals surface area (Å²) in [4.78, 5) is 5.31. The summed E-state index contributed by atoms with van der Waals surface area (Å²) in [5.41, 5.74) is 1.31. The Hall–Kier alpha value is -1.06. The van der Waals surface area contributed by atoms with Crippen LogP contribution in [0.25, 0.3) is 0 Å². The van der Waals surface area contributed by atoms with Crippen molar-refractivity contribution in [3.8, 4) is 5.75 Å². The SMILES string of the molecule is COc1ccccc1CN1CCN([C@H]2CCC[C@H](C)C2)CC1. The van der Waals surface area contributed by atoms with Gasteiger partial charge in [0.05, 0.1) is 7.11 Å². The minimum Gasteiger partial charge on any atom is -0.496 e. The summed E-state index contributed by atoms with van der Waals surface area (Å²) in [5.74, 6) is 1.94. The zero-order valence-corrected chi connectivity index (χ0v) is 14.1. The summed E-state index contributed by atoms with van der Waals surface area (Å²) in [6.07, 6.45) is 5.68. The Balaban J connectivity index is 1.51. The van der Waals surface area contributed by atoms with Gasteiger partial charge in [-0.1, -0.05) is 38.0 Å². The third kappa shape index (κ3) is 3.82. The van der Waals surface area contributed by atoms with Crippen LogP contribution in [0, 0.1) is 5.92 Å². The first-order valence-electron chi connectivity index (χ1n) is 8.84. The second-order valence-corrected chi connectivity index (χ2v) is 7.05. The van der Waals surface area contributed by atoms with Gasteiger partial charge < -0.3 is 4.74 Å². The molecule has 1 aliphatic heterocycles. The molecule has 1 heterocycles. The highest BCUT2D eigenvalue weighted by Crippen LogP contribution is 2.28. The Morgan fingerprint density at radius 3 is 2.59 bits per heavy atom. The van der Waals surface area contributed by atoms with Gasteiger partial charge in [-0.2, -0.15) is 0 Å². The third-order valence-corrected chi connectivity index (χ3v) is 5.42. The van der Waals surface area contributed by atoms with Crippen molar-refractivity contribution >= 4 is 0 Å². The molecule has 22 heavy (non-hydrogen) atoms. The monoisotopic (exact) mass is 302 g/mol. The molecule has 2 atom stereocenters. The molecule has 0 radical (unpaired) electrons. The second-order valence-electron chi connectivity index (χ2n) is 7.05. The van der Waals surface area contributed by atoms with Crippen molar-refractivity contribution in [2.45, 2.75) is 45.2 Å². The normalized spacial score (nSPS) is 27.7. The molecule has 0 N–H and O–H groups in total. The number of methoxy groups -OCH3 is 1. The topological polar surface area (TPSA) is 15.7 Å². The van der Waals surface area contributed by atoms with Crippen molar-refractivity contribution in [1.82, 2.24) is 9.80 Å². The van der Waals surface area contributed by atoms with Gasteiger partial charge in [0.2, 0.25) is 0 Å². The molecule has 0 bridgehead atoms. The molecule has 0 spiro atoms. The number of para-hydroxylation sites is 1. The van der Waals surface area contributed by atoms with E-state index in [0.29, 0.717) is 0 Å². The Morgan fingerprint density at radius 1 is 1.09 bits per heavy atom. The number of piperazine rings is 1. The van der Waals surface area contributed by atoms with Crippen molar-refractivity contribution in [2.75, 3.05) is 33.3 Å². The summed E-state index contributed by atoms with van der Waals surface area (Å²) < 4.78 is 5.48. The van der Waals surface area contributed by atoms with E-state index < -0.39 is 0 Å². The lowest BCUT2D eigenvalue weighted by Crippen LogP contribution is -2.50. The second kappa shape index (κ2) is 7.47. The number of hydrogen-bond donors (Lipinski definition) is 0. The van der Waals surface area contributed by atoms with Crippen LogP contribution in [0.2, 0.25) is 0 Å². The highest BCUT2D eigenvalue weighted by Gasteiger charge is 2.27. The van der Waals surface area contributed by atoms with Gasteiger partial charge >= 0.3 is 0 Å². The number of nitrogens with zero attached hydrogens (tertiary/aromatic N) is 2. The van der Waals surface area contributed by atoms with E-state index in [1.54, 1.807) is 7.11 Å². The van der Waals surface area contributed by atoms with Crippen molar-refractivity contribution < 1.29 is 4.74 Å². The van der Waals surface area contributed by atoms with E-state index in [4.69, 9.17) is 4.74 Å². The largest absolute Gasteiger partial charge is 0.496 e. The van der Waals surface area contributed by atoms with Gasteiger partial charge in [0.15, 0.2) is 0 Å². The Labute approximate surface area is 135 Å². The molecule has 0 unspecified atom stereocenters. The lowest BCUT2D eigenvalue weighted by molar-refractivity contribution is 0.0656. The molecule has 3 nitrogen and oxygen atoms in total. The zero-order chi connectivity index (χ0) is 15.4. The van der Waals surface area contributed by atoms with E-state index in [0.717, 1.165) is 24.3 Å². The molecule has 0 amide bonds. The van der Waals surface area contributed by atoms with Crippen LogP contribution in [0.15, 0.2) is 24.3 Å². The number of benzene rings is 1. The fraction of sp³-hybridized carbons (Fsp3) is 0.684. The number of hydrogen-bond acceptors (Lipinski definition) is 3. The first kappa shape index (κ1) is 15.8. The molecule has 1 saturated heterocycles. The van der Waals surface area contributed by atoms with Crippen LogP contribution in [0.4, 0.5) is 0 Å². The molecule has 3 rings (SSSR count). The van der Waals surface area contributed by atoms with Crippen LogP contribution in [-0.2, 0) is 6.54 Å². The smallest absolute Gasteiger partial charge is 0.123 e.